The second-order valence-corrected chi connectivity index (χ2v) is 5.62. The summed E-state index contributed by atoms with van der Waals surface area (Å²) in [6.45, 7) is 7.21. The fraction of sp³-hybridized carbons (Fsp3) is 0.529. The Morgan fingerprint density at radius 1 is 1.23 bits per heavy atom. The quantitative estimate of drug-likeness (QED) is 0.573. The van der Waals surface area contributed by atoms with Crippen molar-refractivity contribution in [2.24, 2.45) is 0 Å². The topological polar surface area (TPSA) is 67.4 Å². The molecule has 0 saturated carbocycles. The lowest BCUT2D eigenvalue weighted by molar-refractivity contribution is -0.126. The molecule has 0 fully saturated rings. The Balaban J connectivity index is 2.57. The number of aryl methyl sites for hydroxylation is 1. The van der Waals surface area contributed by atoms with Crippen LogP contribution in [0.25, 0.3) is 0 Å². The highest BCUT2D eigenvalue weighted by atomic mass is 16.5. The van der Waals surface area contributed by atoms with Gasteiger partial charge in [-0.3, -0.25) is 9.59 Å². The van der Waals surface area contributed by atoms with E-state index >= 15 is 0 Å². The van der Waals surface area contributed by atoms with Crippen molar-refractivity contribution in [3.63, 3.8) is 0 Å². The number of rotatable bonds is 8. The molecule has 0 spiro atoms. The van der Waals surface area contributed by atoms with E-state index in [9.17, 15) is 9.59 Å². The number of carbonyl (C=O) groups excluding carboxylic acids is 2. The van der Waals surface area contributed by atoms with Gasteiger partial charge in [0.05, 0.1) is 0 Å². The average Bonchev–Trinajstić information content (AvgIpc) is 2.45. The van der Waals surface area contributed by atoms with Crippen LogP contribution in [0.2, 0.25) is 0 Å². The Kier molecular flexibility index (Phi) is 7.60. The Hall–Kier alpha value is -1.88. The molecule has 1 rings (SSSR count). The minimum Gasteiger partial charge on any atom is -0.385 e. The van der Waals surface area contributed by atoms with E-state index in [-0.39, 0.29) is 18.2 Å². The number of anilines is 1. The summed E-state index contributed by atoms with van der Waals surface area (Å²) in [5, 5.41) is 5.57. The number of carbonyl (C=O) groups is 2. The summed E-state index contributed by atoms with van der Waals surface area (Å²) >= 11 is 0. The molecule has 0 heterocycles. The average molecular weight is 306 g/mol. The van der Waals surface area contributed by atoms with Crippen molar-refractivity contribution in [3.05, 3.63) is 29.3 Å². The Morgan fingerprint density at radius 3 is 2.59 bits per heavy atom. The fourth-order valence-corrected chi connectivity index (χ4v) is 2.18. The van der Waals surface area contributed by atoms with Gasteiger partial charge < -0.3 is 15.4 Å². The van der Waals surface area contributed by atoms with Gasteiger partial charge in [-0.1, -0.05) is 32.0 Å². The Bertz CT molecular complexity index is 513. The summed E-state index contributed by atoms with van der Waals surface area (Å²) in [5.74, 6) is -0.258. The van der Waals surface area contributed by atoms with E-state index in [4.69, 9.17) is 4.74 Å². The second-order valence-electron chi connectivity index (χ2n) is 5.62. The Labute approximate surface area is 132 Å². The first-order chi connectivity index (χ1) is 10.5. The first-order valence-electron chi connectivity index (χ1n) is 7.60. The lowest BCUT2D eigenvalue weighted by Gasteiger charge is -2.16. The number of para-hydroxylation sites is 1. The van der Waals surface area contributed by atoms with E-state index in [2.05, 4.69) is 24.5 Å². The van der Waals surface area contributed by atoms with Crippen LogP contribution in [0.5, 0.6) is 0 Å². The summed E-state index contributed by atoms with van der Waals surface area (Å²) < 4.78 is 4.90. The number of nitrogens with one attached hydrogen (secondary N) is 2. The van der Waals surface area contributed by atoms with Gasteiger partial charge in [0.1, 0.15) is 6.42 Å². The van der Waals surface area contributed by atoms with Gasteiger partial charge in [0.2, 0.25) is 11.8 Å². The highest BCUT2D eigenvalue weighted by Crippen LogP contribution is 2.27. The summed E-state index contributed by atoms with van der Waals surface area (Å²) in [4.78, 5) is 23.7. The van der Waals surface area contributed by atoms with E-state index < -0.39 is 0 Å². The molecule has 0 unspecified atom stereocenters. The predicted molar refractivity (Wildman–Crippen MR) is 88.0 cm³/mol. The van der Waals surface area contributed by atoms with E-state index in [1.807, 2.05) is 25.1 Å². The van der Waals surface area contributed by atoms with Gasteiger partial charge in [-0.2, -0.15) is 0 Å². The molecule has 1 aromatic rings. The minimum absolute atomic E-state index is 0.168. The molecule has 122 valence electrons. The SMILES string of the molecule is COCCCNC(=O)CC(=O)Nc1c(C)cccc1C(C)C. The van der Waals surface area contributed by atoms with Crippen molar-refractivity contribution in [2.75, 3.05) is 25.6 Å². The molecule has 5 nitrogen and oxygen atoms in total. The summed E-state index contributed by atoms with van der Waals surface area (Å²) in [6.07, 6.45) is 0.567. The second kappa shape index (κ2) is 9.20. The number of hydrogen-bond donors (Lipinski definition) is 2. The normalized spacial score (nSPS) is 10.6. The lowest BCUT2D eigenvalue weighted by Crippen LogP contribution is -2.29. The largest absolute Gasteiger partial charge is 0.385 e. The summed E-state index contributed by atoms with van der Waals surface area (Å²) in [7, 11) is 1.61. The smallest absolute Gasteiger partial charge is 0.233 e. The summed E-state index contributed by atoms with van der Waals surface area (Å²) in [5.41, 5.74) is 2.89. The van der Waals surface area contributed by atoms with Crippen molar-refractivity contribution >= 4 is 17.5 Å². The fourth-order valence-electron chi connectivity index (χ4n) is 2.18. The predicted octanol–water partition coefficient (Wildman–Crippen LogP) is 2.60. The molecule has 0 aromatic heterocycles. The molecular formula is C17H26N2O3. The number of methoxy groups -OCH3 is 1. The molecule has 22 heavy (non-hydrogen) atoms. The Morgan fingerprint density at radius 2 is 1.95 bits per heavy atom. The molecule has 5 heteroatoms. The van der Waals surface area contributed by atoms with Crippen molar-refractivity contribution < 1.29 is 14.3 Å². The number of hydrogen-bond acceptors (Lipinski definition) is 3. The molecular weight excluding hydrogens is 280 g/mol. The molecule has 2 N–H and O–H groups in total. The monoisotopic (exact) mass is 306 g/mol. The molecule has 0 aliphatic heterocycles. The van der Waals surface area contributed by atoms with Gasteiger partial charge in [-0.15, -0.1) is 0 Å². The number of benzene rings is 1. The van der Waals surface area contributed by atoms with E-state index in [1.54, 1.807) is 7.11 Å². The molecule has 0 aliphatic rings. The molecule has 0 radical (unpaired) electrons. The zero-order valence-corrected chi connectivity index (χ0v) is 13.9. The lowest BCUT2D eigenvalue weighted by atomic mass is 9.98. The number of amides is 2. The maximum Gasteiger partial charge on any atom is 0.233 e. The van der Waals surface area contributed by atoms with Gasteiger partial charge in [0.15, 0.2) is 0 Å². The molecule has 1 aromatic carbocycles. The van der Waals surface area contributed by atoms with Crippen LogP contribution in [0.1, 0.15) is 43.7 Å². The van der Waals surface area contributed by atoms with Crippen LogP contribution in [0.3, 0.4) is 0 Å². The van der Waals surface area contributed by atoms with E-state index in [0.717, 1.165) is 23.2 Å². The van der Waals surface area contributed by atoms with Crippen LogP contribution in [0.15, 0.2) is 18.2 Å². The van der Waals surface area contributed by atoms with E-state index in [1.165, 1.54) is 0 Å². The third-order valence-corrected chi connectivity index (χ3v) is 3.36. The van der Waals surface area contributed by atoms with Crippen LogP contribution >= 0.6 is 0 Å². The van der Waals surface area contributed by atoms with Gasteiger partial charge in [0, 0.05) is 25.9 Å². The van der Waals surface area contributed by atoms with Crippen molar-refractivity contribution in [1.29, 1.82) is 0 Å². The first kappa shape index (κ1) is 18.2. The molecule has 0 aliphatic carbocycles. The zero-order chi connectivity index (χ0) is 16.5. The van der Waals surface area contributed by atoms with Crippen molar-refractivity contribution in [2.45, 2.75) is 39.5 Å². The van der Waals surface area contributed by atoms with Crippen LogP contribution < -0.4 is 10.6 Å². The van der Waals surface area contributed by atoms with E-state index in [0.29, 0.717) is 19.1 Å². The first-order valence-corrected chi connectivity index (χ1v) is 7.60. The van der Waals surface area contributed by atoms with Crippen molar-refractivity contribution in [1.82, 2.24) is 5.32 Å². The van der Waals surface area contributed by atoms with Crippen molar-refractivity contribution in [3.8, 4) is 0 Å². The third kappa shape index (κ3) is 5.85. The van der Waals surface area contributed by atoms with Crippen LogP contribution in [0, 0.1) is 6.92 Å². The zero-order valence-electron chi connectivity index (χ0n) is 13.9. The van der Waals surface area contributed by atoms with Gasteiger partial charge in [-0.05, 0) is 30.4 Å². The third-order valence-electron chi connectivity index (χ3n) is 3.36. The standard InChI is InChI=1S/C17H26N2O3/c1-12(2)14-8-5-7-13(3)17(14)19-16(21)11-15(20)18-9-6-10-22-4/h5,7-8,12H,6,9-11H2,1-4H3,(H,18,20)(H,19,21). The van der Waals surface area contributed by atoms with Crippen LogP contribution in [-0.2, 0) is 14.3 Å². The molecule has 0 bridgehead atoms. The maximum absolute atomic E-state index is 12.0. The number of ether oxygens (including phenoxy) is 1. The molecule has 0 saturated heterocycles. The maximum atomic E-state index is 12.0. The summed E-state index contributed by atoms with van der Waals surface area (Å²) in [6, 6.07) is 5.92. The minimum atomic E-state index is -0.291. The van der Waals surface area contributed by atoms with Crippen LogP contribution in [0.4, 0.5) is 5.69 Å². The highest BCUT2D eigenvalue weighted by molar-refractivity contribution is 6.04. The molecule has 0 atom stereocenters. The molecule has 2 amide bonds. The highest BCUT2D eigenvalue weighted by Gasteiger charge is 2.14. The van der Waals surface area contributed by atoms with Gasteiger partial charge >= 0.3 is 0 Å². The van der Waals surface area contributed by atoms with Crippen LogP contribution in [-0.4, -0.2) is 32.1 Å². The van der Waals surface area contributed by atoms with Gasteiger partial charge in [0.25, 0.3) is 0 Å². The van der Waals surface area contributed by atoms with Gasteiger partial charge in [-0.25, -0.2) is 0 Å².